The van der Waals surface area contributed by atoms with Crippen molar-refractivity contribution >= 4 is 23.2 Å². The van der Waals surface area contributed by atoms with E-state index in [-0.39, 0.29) is 6.61 Å². The highest BCUT2D eigenvalue weighted by atomic mass is 32.1. The summed E-state index contributed by atoms with van der Waals surface area (Å²) in [5.41, 5.74) is 6.12. The minimum atomic E-state index is -0.543. The van der Waals surface area contributed by atoms with Gasteiger partial charge in [0.1, 0.15) is 21.5 Å². The Morgan fingerprint density at radius 2 is 1.78 bits per heavy atom. The molecule has 138 valence electrons. The van der Waals surface area contributed by atoms with Gasteiger partial charge in [-0.1, -0.05) is 30.3 Å². The van der Waals surface area contributed by atoms with Crippen LogP contribution in [-0.2, 0) is 4.79 Å². The standard InChI is InChI=1S/C19H16FN3O3S/c1-12-17(27-19(21-12)13-5-3-2-4-6-13)18(25)23-22-16(24)11-26-15-9-7-14(20)8-10-15/h2-10H,11H2,1H3,(H,22,24)(H,23,25). The normalized spacial score (nSPS) is 10.3. The maximum absolute atomic E-state index is 12.8. The Bertz CT molecular complexity index is 943. The second-order valence-electron chi connectivity index (χ2n) is 5.54. The number of thiazole rings is 1. The van der Waals surface area contributed by atoms with Gasteiger partial charge in [0.2, 0.25) is 0 Å². The maximum atomic E-state index is 12.8. The number of halogens is 1. The fourth-order valence-electron chi connectivity index (χ4n) is 2.21. The lowest BCUT2D eigenvalue weighted by atomic mass is 10.2. The molecule has 0 saturated carbocycles. The minimum absolute atomic E-state index is 0.317. The molecule has 0 saturated heterocycles. The van der Waals surface area contributed by atoms with Crippen molar-refractivity contribution in [2.45, 2.75) is 6.92 Å². The summed E-state index contributed by atoms with van der Waals surface area (Å²) in [4.78, 5) is 28.9. The van der Waals surface area contributed by atoms with Crippen LogP contribution in [0.3, 0.4) is 0 Å². The van der Waals surface area contributed by atoms with Crippen LogP contribution in [0.25, 0.3) is 10.6 Å². The van der Waals surface area contributed by atoms with Crippen LogP contribution in [-0.4, -0.2) is 23.4 Å². The van der Waals surface area contributed by atoms with Crippen molar-refractivity contribution in [2.75, 3.05) is 6.61 Å². The number of ether oxygens (including phenoxy) is 1. The third-order valence-corrected chi connectivity index (χ3v) is 4.73. The fourth-order valence-corrected chi connectivity index (χ4v) is 3.18. The first-order chi connectivity index (χ1) is 13.0. The van der Waals surface area contributed by atoms with E-state index < -0.39 is 17.6 Å². The first-order valence-corrected chi connectivity index (χ1v) is 8.85. The Kier molecular flexibility index (Phi) is 5.77. The number of benzene rings is 2. The van der Waals surface area contributed by atoms with Gasteiger partial charge in [0, 0.05) is 5.56 Å². The zero-order chi connectivity index (χ0) is 19.2. The van der Waals surface area contributed by atoms with Crippen molar-refractivity contribution in [1.82, 2.24) is 15.8 Å². The fraction of sp³-hybridized carbons (Fsp3) is 0.105. The third-order valence-electron chi connectivity index (χ3n) is 3.52. The second kappa shape index (κ2) is 8.41. The molecule has 0 unspecified atom stereocenters. The first kappa shape index (κ1) is 18.5. The van der Waals surface area contributed by atoms with Gasteiger partial charge in [-0.05, 0) is 31.2 Å². The van der Waals surface area contributed by atoms with Gasteiger partial charge >= 0.3 is 0 Å². The Balaban J connectivity index is 1.54. The van der Waals surface area contributed by atoms with Crippen molar-refractivity contribution in [1.29, 1.82) is 0 Å². The molecule has 0 bridgehead atoms. The molecule has 2 aromatic carbocycles. The van der Waals surface area contributed by atoms with Crippen LogP contribution in [0.4, 0.5) is 4.39 Å². The van der Waals surface area contributed by atoms with Gasteiger partial charge in [-0.25, -0.2) is 9.37 Å². The van der Waals surface area contributed by atoms with Crippen LogP contribution in [0.1, 0.15) is 15.4 Å². The molecule has 0 aliphatic heterocycles. The summed E-state index contributed by atoms with van der Waals surface area (Å²) in [6, 6.07) is 14.8. The number of nitrogens with zero attached hydrogens (tertiary/aromatic N) is 1. The van der Waals surface area contributed by atoms with Crippen LogP contribution in [0.15, 0.2) is 54.6 Å². The highest BCUT2D eigenvalue weighted by Gasteiger charge is 2.16. The third kappa shape index (κ3) is 4.89. The average Bonchev–Trinajstić information content (AvgIpc) is 3.08. The number of hydrogen-bond acceptors (Lipinski definition) is 5. The maximum Gasteiger partial charge on any atom is 0.281 e. The van der Waals surface area contributed by atoms with E-state index in [1.165, 1.54) is 35.6 Å². The Morgan fingerprint density at radius 1 is 1.07 bits per heavy atom. The topological polar surface area (TPSA) is 80.3 Å². The molecule has 0 aliphatic rings. The molecule has 27 heavy (non-hydrogen) atoms. The summed E-state index contributed by atoms with van der Waals surface area (Å²) < 4.78 is 18.0. The van der Waals surface area contributed by atoms with E-state index in [0.717, 1.165) is 10.6 Å². The summed E-state index contributed by atoms with van der Waals surface area (Å²) in [5, 5.41) is 0.726. The van der Waals surface area contributed by atoms with E-state index in [4.69, 9.17) is 4.74 Å². The lowest BCUT2D eigenvalue weighted by Gasteiger charge is -2.08. The van der Waals surface area contributed by atoms with Gasteiger partial charge in [0.05, 0.1) is 5.69 Å². The number of nitrogens with one attached hydrogen (secondary N) is 2. The predicted octanol–water partition coefficient (Wildman–Crippen LogP) is 3.10. The first-order valence-electron chi connectivity index (χ1n) is 8.03. The summed E-state index contributed by atoms with van der Waals surface area (Å²) in [7, 11) is 0. The van der Waals surface area contributed by atoms with Gasteiger partial charge in [0.25, 0.3) is 11.8 Å². The summed E-state index contributed by atoms with van der Waals surface area (Å²) in [6.45, 7) is 1.42. The molecule has 2 N–H and O–H groups in total. The quantitative estimate of drug-likeness (QED) is 0.662. The van der Waals surface area contributed by atoms with E-state index >= 15 is 0 Å². The van der Waals surface area contributed by atoms with Gasteiger partial charge in [-0.2, -0.15) is 0 Å². The summed E-state index contributed by atoms with van der Waals surface area (Å²) in [5.74, 6) is -1.04. The number of aryl methyl sites for hydroxylation is 1. The van der Waals surface area contributed by atoms with Crippen molar-refractivity contribution in [2.24, 2.45) is 0 Å². The molecule has 6 nitrogen and oxygen atoms in total. The summed E-state index contributed by atoms with van der Waals surface area (Å²) in [6.07, 6.45) is 0. The van der Waals surface area contributed by atoms with Crippen molar-refractivity contribution in [3.8, 4) is 16.3 Å². The molecular weight excluding hydrogens is 369 g/mol. The number of rotatable bonds is 5. The van der Waals surface area contributed by atoms with Crippen LogP contribution in [0.5, 0.6) is 5.75 Å². The van der Waals surface area contributed by atoms with Crippen molar-refractivity contribution in [3.05, 3.63) is 71.0 Å². The number of aromatic nitrogens is 1. The Labute approximate surface area is 159 Å². The molecule has 2 amide bonds. The Hall–Kier alpha value is -3.26. The SMILES string of the molecule is Cc1nc(-c2ccccc2)sc1C(=O)NNC(=O)COc1ccc(F)cc1. The molecule has 0 aliphatic carbocycles. The highest BCUT2D eigenvalue weighted by Crippen LogP contribution is 2.27. The number of amides is 2. The number of carbonyl (C=O) groups excluding carboxylic acids is 2. The predicted molar refractivity (Wildman–Crippen MR) is 99.8 cm³/mol. The summed E-state index contributed by atoms with van der Waals surface area (Å²) >= 11 is 1.24. The molecule has 3 rings (SSSR count). The molecule has 3 aromatic rings. The molecule has 0 atom stereocenters. The smallest absolute Gasteiger partial charge is 0.281 e. The van der Waals surface area contributed by atoms with Gasteiger partial charge in [-0.3, -0.25) is 20.4 Å². The van der Waals surface area contributed by atoms with E-state index in [1.807, 2.05) is 30.3 Å². The molecule has 0 spiro atoms. The monoisotopic (exact) mass is 385 g/mol. The molecule has 1 aromatic heterocycles. The Morgan fingerprint density at radius 3 is 2.48 bits per heavy atom. The molecule has 0 radical (unpaired) electrons. The lowest BCUT2D eigenvalue weighted by Crippen LogP contribution is -2.43. The number of carbonyl (C=O) groups is 2. The zero-order valence-electron chi connectivity index (χ0n) is 14.4. The zero-order valence-corrected chi connectivity index (χ0v) is 15.2. The average molecular weight is 385 g/mol. The van der Waals surface area contributed by atoms with E-state index in [0.29, 0.717) is 16.3 Å². The van der Waals surface area contributed by atoms with Crippen LogP contribution < -0.4 is 15.6 Å². The lowest BCUT2D eigenvalue weighted by molar-refractivity contribution is -0.123. The van der Waals surface area contributed by atoms with E-state index in [1.54, 1.807) is 6.92 Å². The van der Waals surface area contributed by atoms with Crippen LogP contribution in [0.2, 0.25) is 0 Å². The highest BCUT2D eigenvalue weighted by molar-refractivity contribution is 7.17. The van der Waals surface area contributed by atoms with Gasteiger partial charge < -0.3 is 4.74 Å². The largest absolute Gasteiger partial charge is 0.484 e. The van der Waals surface area contributed by atoms with E-state index in [9.17, 15) is 14.0 Å². The second-order valence-corrected chi connectivity index (χ2v) is 6.54. The molecule has 1 heterocycles. The van der Waals surface area contributed by atoms with Gasteiger partial charge in [0.15, 0.2) is 6.61 Å². The van der Waals surface area contributed by atoms with Crippen LogP contribution >= 0.6 is 11.3 Å². The van der Waals surface area contributed by atoms with Crippen molar-refractivity contribution < 1.29 is 18.7 Å². The van der Waals surface area contributed by atoms with Crippen molar-refractivity contribution in [3.63, 3.8) is 0 Å². The van der Waals surface area contributed by atoms with Gasteiger partial charge in [-0.15, -0.1) is 11.3 Å². The molecule has 8 heteroatoms. The minimum Gasteiger partial charge on any atom is -0.484 e. The number of hydrazine groups is 1. The molecule has 0 fully saturated rings. The molecular formula is C19H16FN3O3S. The van der Waals surface area contributed by atoms with Crippen LogP contribution in [0, 0.1) is 12.7 Å². The van der Waals surface area contributed by atoms with E-state index in [2.05, 4.69) is 15.8 Å². The number of hydrogen-bond donors (Lipinski definition) is 2.